The first kappa shape index (κ1) is 14.6. The van der Waals surface area contributed by atoms with Crippen molar-refractivity contribution in [3.05, 3.63) is 61.3 Å². The van der Waals surface area contributed by atoms with E-state index in [-0.39, 0.29) is 5.78 Å². The Kier molecular flexibility index (Phi) is 5.05. The third kappa shape index (κ3) is 4.08. The molecule has 19 heavy (non-hydrogen) atoms. The summed E-state index contributed by atoms with van der Waals surface area (Å²) in [5, 5.41) is 3.00. The average Bonchev–Trinajstić information content (AvgIpc) is 2.71. The summed E-state index contributed by atoms with van der Waals surface area (Å²) in [4.78, 5) is 11.9. The maximum Gasteiger partial charge on any atom is 0.189 e. The Morgan fingerprint density at radius 1 is 1.26 bits per heavy atom. The van der Waals surface area contributed by atoms with Crippen molar-refractivity contribution in [1.29, 1.82) is 0 Å². The van der Waals surface area contributed by atoms with Gasteiger partial charge in [-0.15, -0.1) is 11.3 Å². The van der Waals surface area contributed by atoms with Gasteiger partial charge in [-0.25, -0.2) is 0 Å². The second kappa shape index (κ2) is 6.57. The zero-order valence-electron chi connectivity index (χ0n) is 9.49. The second-order valence-corrected chi connectivity index (χ2v) is 6.79. The first-order chi connectivity index (χ1) is 9.06. The monoisotopic (exact) mass is 375 g/mol. The summed E-state index contributed by atoms with van der Waals surface area (Å²) in [6, 6.07) is 9.18. The molecule has 0 bridgehead atoms. The van der Waals surface area contributed by atoms with E-state index < -0.39 is 0 Å². The highest BCUT2D eigenvalue weighted by Crippen LogP contribution is 2.31. The Hall–Kier alpha value is -0.810. The van der Waals surface area contributed by atoms with Crippen LogP contribution in [0.5, 0.6) is 0 Å². The molecule has 0 fully saturated rings. The number of anilines is 1. The topological polar surface area (TPSA) is 29.1 Å². The van der Waals surface area contributed by atoms with Gasteiger partial charge in [0.15, 0.2) is 5.78 Å². The van der Waals surface area contributed by atoms with Gasteiger partial charge in [-0.05, 0) is 30.3 Å². The molecule has 0 spiro atoms. The molecule has 6 heteroatoms. The largest absolute Gasteiger partial charge is 0.362 e. The number of carbonyl (C=O) groups excluding carboxylic acids is 1. The minimum Gasteiger partial charge on any atom is -0.362 e. The lowest BCUT2D eigenvalue weighted by molar-refractivity contribution is 0.104. The molecule has 0 saturated heterocycles. The van der Waals surface area contributed by atoms with E-state index >= 15 is 0 Å². The summed E-state index contributed by atoms with van der Waals surface area (Å²) < 4.78 is 1.91. The molecule has 2 nitrogen and oxygen atoms in total. The van der Waals surface area contributed by atoms with Crippen LogP contribution in [0.1, 0.15) is 10.4 Å². The summed E-state index contributed by atoms with van der Waals surface area (Å²) in [6.45, 7) is 0. The van der Waals surface area contributed by atoms with Gasteiger partial charge in [0.05, 0.1) is 9.90 Å². The SMILES string of the molecule is O=C(C=CNc1ccc(Br)cc1)c1cc(Cl)sc1Cl. The molecule has 2 rings (SSSR count). The van der Waals surface area contributed by atoms with E-state index in [9.17, 15) is 4.79 Å². The van der Waals surface area contributed by atoms with E-state index in [4.69, 9.17) is 23.2 Å². The Balaban J connectivity index is 2.01. The lowest BCUT2D eigenvalue weighted by atomic mass is 10.2. The number of halogens is 3. The van der Waals surface area contributed by atoms with E-state index in [0.717, 1.165) is 10.2 Å². The van der Waals surface area contributed by atoms with Gasteiger partial charge in [0.2, 0.25) is 0 Å². The number of ketones is 1. The number of hydrogen-bond donors (Lipinski definition) is 1. The lowest BCUT2D eigenvalue weighted by Crippen LogP contribution is -1.95. The zero-order chi connectivity index (χ0) is 13.8. The number of carbonyl (C=O) groups is 1. The summed E-state index contributed by atoms with van der Waals surface area (Å²) in [5.74, 6) is -0.183. The zero-order valence-corrected chi connectivity index (χ0v) is 13.4. The first-order valence-electron chi connectivity index (χ1n) is 5.24. The molecule has 98 valence electrons. The summed E-state index contributed by atoms with van der Waals surface area (Å²) in [6.07, 6.45) is 3.00. The second-order valence-electron chi connectivity index (χ2n) is 3.59. The standard InChI is InChI=1S/C13H8BrCl2NOS/c14-8-1-3-9(4-2-8)17-6-5-11(18)10-7-12(15)19-13(10)16/h1-7,17H. The maximum atomic E-state index is 11.9. The fraction of sp³-hybridized carbons (Fsp3) is 0. The number of thiophene rings is 1. The molecular formula is C13H8BrCl2NOS. The van der Waals surface area contributed by atoms with Crippen LogP contribution in [0.3, 0.4) is 0 Å². The average molecular weight is 377 g/mol. The van der Waals surface area contributed by atoms with Crippen LogP contribution in [0.15, 0.2) is 47.1 Å². The van der Waals surface area contributed by atoms with Crippen molar-refractivity contribution < 1.29 is 4.79 Å². The Morgan fingerprint density at radius 3 is 2.53 bits per heavy atom. The van der Waals surface area contributed by atoms with Crippen molar-refractivity contribution in [2.45, 2.75) is 0 Å². The van der Waals surface area contributed by atoms with E-state index in [0.29, 0.717) is 14.2 Å². The Labute approximate surface area is 133 Å². The number of benzene rings is 1. The minimum atomic E-state index is -0.183. The van der Waals surface area contributed by atoms with Crippen LogP contribution in [-0.2, 0) is 0 Å². The van der Waals surface area contributed by atoms with Crippen LogP contribution < -0.4 is 5.32 Å². The normalized spacial score (nSPS) is 10.9. The van der Waals surface area contributed by atoms with E-state index in [2.05, 4.69) is 21.2 Å². The van der Waals surface area contributed by atoms with E-state index in [1.54, 1.807) is 12.3 Å². The van der Waals surface area contributed by atoms with Crippen molar-refractivity contribution >= 4 is 61.9 Å². The van der Waals surface area contributed by atoms with Crippen LogP contribution in [-0.4, -0.2) is 5.78 Å². The smallest absolute Gasteiger partial charge is 0.189 e. The van der Waals surface area contributed by atoms with Crippen molar-refractivity contribution in [2.75, 3.05) is 5.32 Å². The molecule has 0 unspecified atom stereocenters. The maximum absolute atomic E-state index is 11.9. The van der Waals surface area contributed by atoms with Gasteiger partial charge in [-0.2, -0.15) is 0 Å². The fourth-order valence-corrected chi connectivity index (χ4v) is 3.10. The molecule has 0 radical (unpaired) electrons. The van der Waals surface area contributed by atoms with Gasteiger partial charge >= 0.3 is 0 Å². The first-order valence-corrected chi connectivity index (χ1v) is 7.60. The van der Waals surface area contributed by atoms with Gasteiger partial charge < -0.3 is 5.32 Å². The van der Waals surface area contributed by atoms with Crippen molar-refractivity contribution in [3.63, 3.8) is 0 Å². The van der Waals surface area contributed by atoms with E-state index in [1.165, 1.54) is 17.4 Å². The molecule has 0 aliphatic carbocycles. The van der Waals surface area contributed by atoms with Crippen LogP contribution in [0.25, 0.3) is 0 Å². The molecule has 2 aromatic rings. The van der Waals surface area contributed by atoms with Crippen LogP contribution in [0.4, 0.5) is 5.69 Å². The van der Waals surface area contributed by atoms with Gasteiger partial charge in [0.1, 0.15) is 4.34 Å². The Bertz CT molecular complexity index is 622. The number of allylic oxidation sites excluding steroid dienone is 1. The lowest BCUT2D eigenvalue weighted by Gasteiger charge is -1.99. The molecule has 0 amide bonds. The molecule has 1 heterocycles. The molecule has 0 aliphatic rings. The highest BCUT2D eigenvalue weighted by Gasteiger charge is 2.11. The molecule has 0 saturated carbocycles. The Morgan fingerprint density at radius 2 is 1.95 bits per heavy atom. The number of rotatable bonds is 4. The summed E-state index contributed by atoms with van der Waals surface area (Å²) >= 11 is 16.2. The number of hydrogen-bond acceptors (Lipinski definition) is 3. The van der Waals surface area contributed by atoms with Crippen molar-refractivity contribution in [3.8, 4) is 0 Å². The van der Waals surface area contributed by atoms with Gasteiger partial charge in [-0.1, -0.05) is 39.1 Å². The van der Waals surface area contributed by atoms with Gasteiger partial charge in [-0.3, -0.25) is 4.79 Å². The fourth-order valence-electron chi connectivity index (χ4n) is 1.36. The third-order valence-corrected chi connectivity index (χ3v) is 4.27. The molecule has 1 aromatic heterocycles. The van der Waals surface area contributed by atoms with Crippen LogP contribution in [0, 0.1) is 0 Å². The summed E-state index contributed by atoms with van der Waals surface area (Å²) in [5.41, 5.74) is 1.31. The number of nitrogens with one attached hydrogen (secondary N) is 1. The molecule has 1 N–H and O–H groups in total. The third-order valence-electron chi connectivity index (χ3n) is 2.25. The highest BCUT2D eigenvalue weighted by molar-refractivity contribution is 9.10. The van der Waals surface area contributed by atoms with Crippen molar-refractivity contribution in [2.24, 2.45) is 0 Å². The van der Waals surface area contributed by atoms with E-state index in [1.807, 2.05) is 24.3 Å². The van der Waals surface area contributed by atoms with Gasteiger partial charge in [0.25, 0.3) is 0 Å². The quantitative estimate of drug-likeness (QED) is 0.553. The molecule has 0 aliphatic heterocycles. The predicted molar refractivity (Wildman–Crippen MR) is 85.6 cm³/mol. The van der Waals surface area contributed by atoms with Crippen LogP contribution in [0.2, 0.25) is 8.67 Å². The van der Waals surface area contributed by atoms with Gasteiger partial charge in [0, 0.05) is 22.4 Å². The molecule has 1 aromatic carbocycles. The minimum absolute atomic E-state index is 0.183. The van der Waals surface area contributed by atoms with Crippen LogP contribution >= 0.6 is 50.5 Å². The predicted octanol–water partition coefficient (Wildman–Crippen LogP) is 5.63. The summed E-state index contributed by atoms with van der Waals surface area (Å²) in [7, 11) is 0. The molecule has 0 atom stereocenters. The van der Waals surface area contributed by atoms with Crippen molar-refractivity contribution in [1.82, 2.24) is 0 Å². The highest BCUT2D eigenvalue weighted by atomic mass is 79.9. The molecular weight excluding hydrogens is 369 g/mol.